The summed E-state index contributed by atoms with van der Waals surface area (Å²) in [6.07, 6.45) is 5.11. The number of aromatic amines is 1. The Hall–Kier alpha value is -0.590. The molecular formula is C11H16IN3O. The molecule has 16 heavy (non-hydrogen) atoms. The van der Waals surface area contributed by atoms with Gasteiger partial charge in [-0.3, -0.25) is 4.79 Å². The minimum atomic E-state index is -0.0458. The first kappa shape index (κ1) is 11.9. The third-order valence-electron chi connectivity index (χ3n) is 3.22. The van der Waals surface area contributed by atoms with Crippen LogP contribution in [0.15, 0.2) is 11.1 Å². The van der Waals surface area contributed by atoms with Gasteiger partial charge >= 0.3 is 0 Å². The predicted octanol–water partition coefficient (Wildman–Crippen LogP) is 2.14. The first-order valence-electron chi connectivity index (χ1n) is 5.62. The van der Waals surface area contributed by atoms with Crippen molar-refractivity contribution in [2.24, 2.45) is 0 Å². The van der Waals surface area contributed by atoms with E-state index in [1.54, 1.807) is 0 Å². The van der Waals surface area contributed by atoms with Gasteiger partial charge in [-0.05, 0) is 55.7 Å². The number of aromatic nitrogens is 2. The number of hydrogen-bond donors (Lipinski definition) is 1. The van der Waals surface area contributed by atoms with Crippen molar-refractivity contribution in [1.29, 1.82) is 0 Å². The molecule has 2 heterocycles. The molecule has 0 aromatic carbocycles. The lowest BCUT2D eigenvalue weighted by Crippen LogP contribution is -2.45. The largest absolute Gasteiger partial charge is 0.350 e. The molecule has 0 radical (unpaired) electrons. The Balaban J connectivity index is 2.41. The summed E-state index contributed by atoms with van der Waals surface area (Å²) >= 11 is 2.08. The van der Waals surface area contributed by atoms with Crippen molar-refractivity contribution in [1.82, 2.24) is 9.97 Å². The second-order valence-corrected chi connectivity index (χ2v) is 5.48. The molecule has 0 unspecified atom stereocenters. The Labute approximate surface area is 109 Å². The first-order valence-corrected chi connectivity index (χ1v) is 6.70. The fourth-order valence-corrected chi connectivity index (χ4v) is 2.97. The van der Waals surface area contributed by atoms with Gasteiger partial charge in [0.05, 0.1) is 6.33 Å². The molecule has 2 atom stereocenters. The number of rotatable bonds is 1. The normalized spacial score (nSPS) is 25.8. The number of anilines is 1. The number of nitrogens with one attached hydrogen (secondary N) is 1. The number of hydrogen-bond acceptors (Lipinski definition) is 3. The summed E-state index contributed by atoms with van der Waals surface area (Å²) in [4.78, 5) is 20.8. The Morgan fingerprint density at radius 3 is 2.69 bits per heavy atom. The van der Waals surface area contributed by atoms with Crippen LogP contribution in [0.3, 0.4) is 0 Å². The van der Waals surface area contributed by atoms with Crippen molar-refractivity contribution >= 4 is 28.4 Å². The maximum atomic E-state index is 11.6. The van der Waals surface area contributed by atoms with Crippen molar-refractivity contribution in [2.45, 2.75) is 45.2 Å². The molecule has 1 aromatic heterocycles. The molecule has 5 heteroatoms. The van der Waals surface area contributed by atoms with Crippen LogP contribution < -0.4 is 10.5 Å². The summed E-state index contributed by atoms with van der Waals surface area (Å²) in [6, 6.07) is 0.929. The molecular weight excluding hydrogens is 317 g/mol. The van der Waals surface area contributed by atoms with Gasteiger partial charge in [0.25, 0.3) is 5.56 Å². The van der Waals surface area contributed by atoms with E-state index < -0.39 is 0 Å². The third kappa shape index (κ3) is 2.09. The summed E-state index contributed by atoms with van der Waals surface area (Å²) in [5, 5.41) is 0. The van der Waals surface area contributed by atoms with Crippen LogP contribution in [0.1, 0.15) is 33.1 Å². The van der Waals surface area contributed by atoms with Crippen LogP contribution in [0.25, 0.3) is 0 Å². The predicted molar refractivity (Wildman–Crippen MR) is 72.8 cm³/mol. The molecule has 0 aliphatic carbocycles. The van der Waals surface area contributed by atoms with Crippen LogP contribution in [0.5, 0.6) is 0 Å². The van der Waals surface area contributed by atoms with Crippen LogP contribution in [-0.4, -0.2) is 22.1 Å². The van der Waals surface area contributed by atoms with Crippen LogP contribution >= 0.6 is 22.6 Å². The van der Waals surface area contributed by atoms with E-state index in [9.17, 15) is 4.79 Å². The minimum Gasteiger partial charge on any atom is -0.350 e. The standard InChI is InChI=1S/C11H16IN3O/c1-7-4-3-5-8(2)15(7)10-9(12)11(16)14-6-13-10/h6-8H,3-5H2,1-2H3,(H,13,14,16)/t7-,8+. The maximum absolute atomic E-state index is 11.6. The van der Waals surface area contributed by atoms with Gasteiger partial charge < -0.3 is 9.88 Å². The molecule has 1 aromatic rings. The lowest BCUT2D eigenvalue weighted by molar-refractivity contribution is 0.410. The summed E-state index contributed by atoms with van der Waals surface area (Å²) in [7, 11) is 0. The highest BCUT2D eigenvalue weighted by Crippen LogP contribution is 2.28. The SMILES string of the molecule is C[C@@H]1CCC[C@H](C)N1c1nc[nH]c(=O)c1I. The topological polar surface area (TPSA) is 49.0 Å². The van der Waals surface area contributed by atoms with Crippen molar-refractivity contribution in [2.75, 3.05) is 4.90 Å². The van der Waals surface area contributed by atoms with Gasteiger partial charge in [-0.25, -0.2) is 4.98 Å². The van der Waals surface area contributed by atoms with Crippen molar-refractivity contribution in [3.63, 3.8) is 0 Å². The second-order valence-electron chi connectivity index (χ2n) is 4.41. The summed E-state index contributed by atoms with van der Waals surface area (Å²) in [6.45, 7) is 4.41. The fourth-order valence-electron chi connectivity index (χ4n) is 2.39. The highest BCUT2D eigenvalue weighted by atomic mass is 127. The Morgan fingerprint density at radius 1 is 1.44 bits per heavy atom. The zero-order valence-electron chi connectivity index (χ0n) is 9.53. The minimum absolute atomic E-state index is 0.0458. The van der Waals surface area contributed by atoms with E-state index in [1.807, 2.05) is 0 Å². The second kappa shape index (κ2) is 4.73. The van der Waals surface area contributed by atoms with Crippen LogP contribution in [0.2, 0.25) is 0 Å². The first-order chi connectivity index (χ1) is 7.61. The van der Waals surface area contributed by atoms with E-state index in [0.29, 0.717) is 15.7 Å². The number of piperidine rings is 1. The molecule has 1 N–H and O–H groups in total. The van der Waals surface area contributed by atoms with E-state index in [4.69, 9.17) is 0 Å². The molecule has 1 aliphatic rings. The lowest BCUT2D eigenvalue weighted by atomic mass is 9.98. The van der Waals surface area contributed by atoms with Gasteiger partial charge in [0.1, 0.15) is 9.39 Å². The third-order valence-corrected chi connectivity index (χ3v) is 4.19. The molecule has 1 saturated heterocycles. The number of H-pyrrole nitrogens is 1. The van der Waals surface area contributed by atoms with Gasteiger partial charge in [-0.15, -0.1) is 0 Å². The van der Waals surface area contributed by atoms with Gasteiger partial charge in [0.15, 0.2) is 0 Å². The Kier molecular flexibility index (Phi) is 3.51. The number of halogens is 1. The molecule has 88 valence electrons. The van der Waals surface area contributed by atoms with Crippen molar-refractivity contribution < 1.29 is 0 Å². The van der Waals surface area contributed by atoms with E-state index in [-0.39, 0.29) is 5.56 Å². The Morgan fingerprint density at radius 2 is 2.06 bits per heavy atom. The van der Waals surface area contributed by atoms with Gasteiger partial charge in [-0.1, -0.05) is 0 Å². The molecule has 0 amide bonds. The average molecular weight is 333 g/mol. The van der Waals surface area contributed by atoms with E-state index >= 15 is 0 Å². The van der Waals surface area contributed by atoms with E-state index in [0.717, 1.165) is 5.82 Å². The highest BCUT2D eigenvalue weighted by molar-refractivity contribution is 14.1. The quantitative estimate of drug-likeness (QED) is 0.801. The molecule has 1 aliphatic heterocycles. The summed E-state index contributed by atoms with van der Waals surface area (Å²) in [5.74, 6) is 0.837. The zero-order chi connectivity index (χ0) is 11.7. The molecule has 4 nitrogen and oxygen atoms in total. The summed E-state index contributed by atoms with van der Waals surface area (Å²) < 4.78 is 0.695. The van der Waals surface area contributed by atoms with Crippen LogP contribution in [0, 0.1) is 3.57 Å². The fraction of sp³-hybridized carbons (Fsp3) is 0.636. The van der Waals surface area contributed by atoms with E-state index in [2.05, 4.69) is 51.3 Å². The average Bonchev–Trinajstić information content (AvgIpc) is 2.24. The lowest BCUT2D eigenvalue weighted by Gasteiger charge is -2.40. The van der Waals surface area contributed by atoms with Gasteiger partial charge in [0, 0.05) is 12.1 Å². The zero-order valence-corrected chi connectivity index (χ0v) is 11.7. The summed E-state index contributed by atoms with van der Waals surface area (Å²) in [5.41, 5.74) is -0.0458. The molecule has 0 bridgehead atoms. The maximum Gasteiger partial charge on any atom is 0.266 e. The molecule has 2 rings (SSSR count). The number of nitrogens with zero attached hydrogens (tertiary/aromatic N) is 2. The Bertz CT molecular complexity index is 421. The molecule has 0 spiro atoms. The smallest absolute Gasteiger partial charge is 0.266 e. The monoisotopic (exact) mass is 333 g/mol. The van der Waals surface area contributed by atoms with Crippen LogP contribution in [0.4, 0.5) is 5.82 Å². The van der Waals surface area contributed by atoms with Crippen molar-refractivity contribution in [3.05, 3.63) is 20.3 Å². The van der Waals surface area contributed by atoms with Crippen LogP contribution in [-0.2, 0) is 0 Å². The van der Waals surface area contributed by atoms with Gasteiger partial charge in [0.2, 0.25) is 0 Å². The molecule has 1 fully saturated rings. The molecule has 0 saturated carbocycles. The van der Waals surface area contributed by atoms with E-state index in [1.165, 1.54) is 25.6 Å². The van der Waals surface area contributed by atoms with Gasteiger partial charge in [-0.2, -0.15) is 0 Å². The van der Waals surface area contributed by atoms with Crippen molar-refractivity contribution in [3.8, 4) is 0 Å². The highest BCUT2D eigenvalue weighted by Gasteiger charge is 2.27.